The lowest BCUT2D eigenvalue weighted by Crippen LogP contribution is -2.58. The SMILES string of the molecule is C=CC(=O)N1C[C@H](C)N(c2nc(=O)n(-c3c(C)ccnc3C(C)C)c3nc(-c4ccccc4F)c(Cl)cc23)[C@@H](C)C1. The highest BCUT2D eigenvalue weighted by molar-refractivity contribution is 6.33. The molecule has 1 fully saturated rings. The van der Waals surface area contributed by atoms with Gasteiger partial charge in [-0.25, -0.2) is 18.7 Å². The topological polar surface area (TPSA) is 84.2 Å². The maximum atomic E-state index is 15.0. The van der Waals surface area contributed by atoms with Crippen molar-refractivity contribution in [3.63, 3.8) is 0 Å². The average molecular weight is 575 g/mol. The van der Waals surface area contributed by atoms with Crippen molar-refractivity contribution in [1.82, 2.24) is 24.4 Å². The summed E-state index contributed by atoms with van der Waals surface area (Å²) >= 11 is 6.79. The Labute approximate surface area is 243 Å². The fourth-order valence-electron chi connectivity index (χ4n) is 5.68. The second-order valence-corrected chi connectivity index (χ2v) is 11.2. The van der Waals surface area contributed by atoms with E-state index in [9.17, 15) is 14.0 Å². The Morgan fingerprint density at radius 1 is 1.15 bits per heavy atom. The molecular formula is C31H32ClFN6O2. The number of carbonyl (C=O) groups excluding carboxylic acids is 1. The molecule has 5 rings (SSSR count). The van der Waals surface area contributed by atoms with Crippen molar-refractivity contribution in [3.05, 3.63) is 87.8 Å². The van der Waals surface area contributed by atoms with E-state index in [4.69, 9.17) is 16.6 Å². The molecule has 3 aromatic heterocycles. The van der Waals surface area contributed by atoms with Gasteiger partial charge in [0.2, 0.25) is 5.91 Å². The van der Waals surface area contributed by atoms with E-state index < -0.39 is 11.5 Å². The predicted octanol–water partition coefficient (Wildman–Crippen LogP) is 5.68. The number of nitrogens with zero attached hydrogens (tertiary/aromatic N) is 6. The van der Waals surface area contributed by atoms with Crippen molar-refractivity contribution >= 4 is 34.4 Å². The zero-order valence-corrected chi connectivity index (χ0v) is 24.5. The minimum Gasteiger partial charge on any atom is -0.347 e. The highest BCUT2D eigenvalue weighted by Crippen LogP contribution is 2.37. The van der Waals surface area contributed by atoms with Crippen LogP contribution in [-0.2, 0) is 4.79 Å². The van der Waals surface area contributed by atoms with E-state index >= 15 is 0 Å². The number of amides is 1. The van der Waals surface area contributed by atoms with Crippen LogP contribution in [0.1, 0.15) is 44.9 Å². The summed E-state index contributed by atoms with van der Waals surface area (Å²) in [6.45, 7) is 14.3. The van der Waals surface area contributed by atoms with Crippen molar-refractivity contribution in [2.24, 2.45) is 0 Å². The summed E-state index contributed by atoms with van der Waals surface area (Å²) in [5.74, 6) is -0.214. The van der Waals surface area contributed by atoms with E-state index in [-0.39, 0.29) is 40.2 Å². The Morgan fingerprint density at radius 2 is 1.83 bits per heavy atom. The number of hydrogen-bond donors (Lipinski definition) is 0. The Bertz CT molecular complexity index is 1720. The minimum absolute atomic E-state index is 0.000356. The monoisotopic (exact) mass is 574 g/mol. The number of fused-ring (bicyclic) bond motifs is 1. The van der Waals surface area contributed by atoms with Gasteiger partial charge in [-0.1, -0.05) is 44.2 Å². The van der Waals surface area contributed by atoms with Crippen LogP contribution in [-0.4, -0.2) is 55.5 Å². The van der Waals surface area contributed by atoms with Gasteiger partial charge in [0.05, 0.1) is 27.5 Å². The van der Waals surface area contributed by atoms with Gasteiger partial charge < -0.3 is 9.80 Å². The molecule has 1 aliphatic rings. The molecule has 8 nitrogen and oxygen atoms in total. The summed E-state index contributed by atoms with van der Waals surface area (Å²) in [5, 5.41) is 0.762. The first kappa shape index (κ1) is 28.4. The molecule has 212 valence electrons. The van der Waals surface area contributed by atoms with Crippen molar-refractivity contribution in [3.8, 4) is 16.9 Å². The largest absolute Gasteiger partial charge is 0.355 e. The van der Waals surface area contributed by atoms with E-state index in [1.807, 2.05) is 45.6 Å². The molecule has 1 amide bonds. The van der Waals surface area contributed by atoms with E-state index in [1.165, 1.54) is 16.7 Å². The van der Waals surface area contributed by atoms with Gasteiger partial charge in [-0.15, -0.1) is 0 Å². The number of carbonyl (C=O) groups is 1. The highest BCUT2D eigenvalue weighted by atomic mass is 35.5. The van der Waals surface area contributed by atoms with E-state index in [1.54, 1.807) is 35.4 Å². The molecule has 1 aromatic carbocycles. The van der Waals surface area contributed by atoms with Crippen LogP contribution in [0.5, 0.6) is 0 Å². The molecule has 41 heavy (non-hydrogen) atoms. The van der Waals surface area contributed by atoms with Crippen LogP contribution in [0.2, 0.25) is 5.02 Å². The number of halogens is 2. The van der Waals surface area contributed by atoms with Crippen molar-refractivity contribution in [1.29, 1.82) is 0 Å². The van der Waals surface area contributed by atoms with Crippen LogP contribution in [0.25, 0.3) is 28.0 Å². The molecule has 2 atom stereocenters. The summed E-state index contributed by atoms with van der Waals surface area (Å²) in [5.41, 5.74) is 2.33. The molecule has 0 unspecified atom stereocenters. The van der Waals surface area contributed by atoms with E-state index in [0.29, 0.717) is 41.3 Å². The first-order valence-corrected chi connectivity index (χ1v) is 13.9. The Hall–Kier alpha value is -4.11. The summed E-state index contributed by atoms with van der Waals surface area (Å²) in [6, 6.07) is 9.44. The van der Waals surface area contributed by atoms with Crippen LogP contribution in [0.3, 0.4) is 0 Å². The molecule has 0 radical (unpaired) electrons. The molecule has 0 bridgehead atoms. The molecule has 4 aromatic rings. The number of aromatic nitrogens is 4. The lowest BCUT2D eigenvalue weighted by atomic mass is 10.0. The second kappa shape index (κ2) is 11.0. The number of piperazine rings is 1. The maximum Gasteiger partial charge on any atom is 0.355 e. The van der Waals surface area contributed by atoms with Gasteiger partial charge >= 0.3 is 5.69 Å². The number of hydrogen-bond acceptors (Lipinski definition) is 6. The van der Waals surface area contributed by atoms with E-state index in [2.05, 4.69) is 16.5 Å². The second-order valence-electron chi connectivity index (χ2n) is 10.8. The maximum absolute atomic E-state index is 15.0. The van der Waals surface area contributed by atoms with Crippen molar-refractivity contribution in [2.45, 2.75) is 52.6 Å². The standard InChI is InChI=1S/C31H32ClFN6O2/c1-7-25(40)37-15-19(5)38(20(6)16-37)30-22-14-23(32)27(21-10-8-9-11-24(21)33)35-29(22)39(31(41)36-30)28-18(4)12-13-34-26(28)17(2)3/h7-14,17,19-20H,1,15-16H2,2-6H3/t19-,20-/m0/s1. The summed E-state index contributed by atoms with van der Waals surface area (Å²) in [4.78, 5) is 44.2. The van der Waals surface area contributed by atoms with E-state index in [0.717, 1.165) is 5.56 Å². The molecule has 4 heterocycles. The predicted molar refractivity (Wildman–Crippen MR) is 160 cm³/mol. The lowest BCUT2D eigenvalue weighted by molar-refractivity contribution is -0.127. The number of pyridine rings is 2. The Morgan fingerprint density at radius 3 is 2.46 bits per heavy atom. The van der Waals surface area contributed by atoms with Crippen LogP contribution in [0, 0.1) is 12.7 Å². The third-order valence-corrected chi connectivity index (χ3v) is 7.79. The van der Waals surface area contributed by atoms with Gasteiger partial charge in [0.1, 0.15) is 11.6 Å². The normalized spacial score (nSPS) is 17.4. The number of benzene rings is 1. The molecule has 1 saturated heterocycles. The van der Waals surface area contributed by atoms with Gasteiger partial charge in [0, 0.05) is 36.9 Å². The first-order chi connectivity index (χ1) is 19.5. The zero-order valence-electron chi connectivity index (χ0n) is 23.7. The third kappa shape index (κ3) is 4.99. The zero-order chi connectivity index (χ0) is 29.6. The van der Waals surface area contributed by atoms with Gasteiger partial charge in [-0.3, -0.25) is 9.78 Å². The summed E-state index contributed by atoms with van der Waals surface area (Å²) < 4.78 is 16.4. The number of anilines is 1. The first-order valence-electron chi connectivity index (χ1n) is 13.6. The molecular weight excluding hydrogens is 543 g/mol. The van der Waals surface area contributed by atoms with Gasteiger partial charge in [0.25, 0.3) is 0 Å². The fraction of sp³-hybridized carbons (Fsp3) is 0.323. The molecule has 0 saturated carbocycles. The molecule has 0 N–H and O–H groups in total. The van der Waals surface area contributed by atoms with Crippen molar-refractivity contribution < 1.29 is 9.18 Å². The van der Waals surface area contributed by atoms with Crippen LogP contribution in [0.15, 0.2) is 60.0 Å². The average Bonchev–Trinajstić information content (AvgIpc) is 2.93. The van der Waals surface area contributed by atoms with Crippen LogP contribution in [0.4, 0.5) is 10.2 Å². The number of rotatable bonds is 5. The van der Waals surface area contributed by atoms with Gasteiger partial charge in [0.15, 0.2) is 5.65 Å². The summed E-state index contributed by atoms with van der Waals surface area (Å²) in [6.07, 6.45) is 3.02. The van der Waals surface area contributed by atoms with Gasteiger partial charge in [-0.2, -0.15) is 4.98 Å². The van der Waals surface area contributed by atoms with Crippen molar-refractivity contribution in [2.75, 3.05) is 18.0 Å². The molecule has 1 aliphatic heterocycles. The number of aryl methyl sites for hydroxylation is 1. The van der Waals surface area contributed by atoms with Gasteiger partial charge in [-0.05, 0) is 62.6 Å². The Kier molecular flexibility index (Phi) is 7.66. The third-order valence-electron chi connectivity index (χ3n) is 7.51. The minimum atomic E-state index is -0.538. The lowest BCUT2D eigenvalue weighted by Gasteiger charge is -2.45. The van der Waals surface area contributed by atoms with Crippen LogP contribution >= 0.6 is 11.6 Å². The quantitative estimate of drug-likeness (QED) is 0.285. The molecule has 10 heteroatoms. The molecule has 0 spiro atoms. The fourth-order valence-corrected chi connectivity index (χ4v) is 5.93. The molecule has 0 aliphatic carbocycles. The summed E-state index contributed by atoms with van der Waals surface area (Å²) in [7, 11) is 0. The van der Waals surface area contributed by atoms with Crippen LogP contribution < -0.4 is 10.6 Å². The smallest absolute Gasteiger partial charge is 0.347 e. The Balaban J connectivity index is 1.84. The highest BCUT2D eigenvalue weighted by Gasteiger charge is 2.34.